The van der Waals surface area contributed by atoms with Crippen LogP contribution in [0.25, 0.3) is 0 Å². The molecule has 5 rings (SSSR count). The van der Waals surface area contributed by atoms with Gasteiger partial charge in [0.15, 0.2) is 12.4 Å². The van der Waals surface area contributed by atoms with E-state index in [1.807, 2.05) is 19.9 Å². The Morgan fingerprint density at radius 3 is 2.21 bits per heavy atom. The lowest BCUT2D eigenvalue weighted by atomic mass is 9.62. The number of hydrogen-bond donors (Lipinski definition) is 0. The fraction of sp³-hybridized carbons (Fsp3) is 0.522. The SMILES string of the molecule is CC[C@@H](C)OC(=O)[C@@H]1[C@@H]2C=C[C@H]([C@H]3C[C@H]23)[C@@H]1C(=O)OCC(=O)c1ccccc1. The molecule has 0 saturated heterocycles. The van der Waals surface area contributed by atoms with Crippen LogP contribution in [0, 0.1) is 35.5 Å². The summed E-state index contributed by atoms with van der Waals surface area (Å²) in [4.78, 5) is 38.1. The number of carbonyl (C=O) groups excluding carboxylic acids is 3. The summed E-state index contributed by atoms with van der Waals surface area (Å²) >= 11 is 0. The van der Waals surface area contributed by atoms with Gasteiger partial charge in [0.25, 0.3) is 0 Å². The molecule has 0 heterocycles. The normalized spacial score (nSPS) is 32.9. The molecule has 2 bridgehead atoms. The Labute approximate surface area is 165 Å². The molecular formula is C23H26O5. The number of benzene rings is 1. The largest absolute Gasteiger partial charge is 0.462 e. The summed E-state index contributed by atoms with van der Waals surface area (Å²) in [6, 6.07) is 8.76. The van der Waals surface area contributed by atoms with Crippen molar-refractivity contribution >= 4 is 17.7 Å². The third kappa shape index (κ3) is 3.38. The number of rotatable bonds is 7. The quantitative estimate of drug-likeness (QED) is 0.410. The van der Waals surface area contributed by atoms with Crippen LogP contribution in [0.15, 0.2) is 42.5 Å². The second-order valence-corrected chi connectivity index (χ2v) is 8.21. The third-order valence-electron chi connectivity index (χ3n) is 6.53. The van der Waals surface area contributed by atoms with Gasteiger partial charge in [-0.15, -0.1) is 0 Å². The lowest BCUT2D eigenvalue weighted by molar-refractivity contribution is -0.170. The summed E-state index contributed by atoms with van der Waals surface area (Å²) in [6.07, 6.45) is 5.75. The van der Waals surface area contributed by atoms with Crippen molar-refractivity contribution in [3.8, 4) is 0 Å². The average molecular weight is 382 g/mol. The van der Waals surface area contributed by atoms with Gasteiger partial charge in [-0.05, 0) is 43.4 Å². The number of ether oxygens (including phenoxy) is 2. The summed E-state index contributed by atoms with van der Waals surface area (Å²) in [6.45, 7) is 3.52. The van der Waals surface area contributed by atoms with E-state index in [0.29, 0.717) is 17.4 Å². The van der Waals surface area contributed by atoms with Crippen molar-refractivity contribution in [3.05, 3.63) is 48.0 Å². The van der Waals surface area contributed by atoms with Gasteiger partial charge >= 0.3 is 11.9 Å². The van der Waals surface area contributed by atoms with Crippen molar-refractivity contribution in [2.45, 2.75) is 32.8 Å². The number of ketones is 1. The minimum atomic E-state index is -0.557. The average Bonchev–Trinajstić information content (AvgIpc) is 3.54. The van der Waals surface area contributed by atoms with Crippen molar-refractivity contribution in [1.29, 1.82) is 0 Å². The standard InChI is InChI=1S/C23H26O5/c1-3-13(2)28-23(26)21-16-10-9-15(17-11-18(16)17)20(21)22(25)27-12-19(24)14-7-5-4-6-8-14/h4-10,13,15-18,20-21H,3,11-12H2,1-2H3/t13-,15-,16-,17-,18-,20+,21-/m1/s1. The van der Waals surface area contributed by atoms with E-state index >= 15 is 0 Å². The molecule has 0 radical (unpaired) electrons. The molecule has 5 heteroatoms. The van der Waals surface area contributed by atoms with E-state index in [2.05, 4.69) is 12.2 Å². The molecule has 148 valence electrons. The summed E-state index contributed by atoms with van der Waals surface area (Å²) in [7, 11) is 0. The predicted octanol–water partition coefficient (Wildman–Crippen LogP) is 3.44. The van der Waals surface area contributed by atoms with Gasteiger partial charge in [-0.25, -0.2) is 0 Å². The fourth-order valence-corrected chi connectivity index (χ4v) is 4.82. The monoisotopic (exact) mass is 382 g/mol. The van der Waals surface area contributed by atoms with E-state index in [1.165, 1.54) is 0 Å². The summed E-state index contributed by atoms with van der Waals surface area (Å²) < 4.78 is 11.0. The first-order chi connectivity index (χ1) is 13.5. The number of fused-ring (bicyclic) bond motifs is 1. The van der Waals surface area contributed by atoms with Crippen molar-refractivity contribution in [3.63, 3.8) is 0 Å². The maximum atomic E-state index is 12.9. The van der Waals surface area contributed by atoms with Gasteiger partial charge in [0, 0.05) is 5.56 Å². The fourth-order valence-electron chi connectivity index (χ4n) is 4.82. The van der Waals surface area contributed by atoms with Gasteiger partial charge in [-0.3, -0.25) is 14.4 Å². The molecule has 2 saturated carbocycles. The van der Waals surface area contributed by atoms with Crippen LogP contribution < -0.4 is 0 Å². The second kappa shape index (κ2) is 7.53. The Hall–Kier alpha value is -2.43. The highest BCUT2D eigenvalue weighted by Gasteiger charge is 2.63. The highest BCUT2D eigenvalue weighted by atomic mass is 16.5. The first-order valence-electron chi connectivity index (χ1n) is 10.1. The van der Waals surface area contributed by atoms with Crippen LogP contribution in [0.2, 0.25) is 0 Å². The smallest absolute Gasteiger partial charge is 0.310 e. The van der Waals surface area contributed by atoms with E-state index < -0.39 is 17.8 Å². The van der Waals surface area contributed by atoms with Crippen LogP contribution in [0.3, 0.4) is 0 Å². The van der Waals surface area contributed by atoms with Gasteiger partial charge in [0.2, 0.25) is 0 Å². The molecule has 0 amide bonds. The molecule has 0 unspecified atom stereocenters. The van der Waals surface area contributed by atoms with Crippen LogP contribution in [0.4, 0.5) is 0 Å². The van der Waals surface area contributed by atoms with Gasteiger partial charge in [0.05, 0.1) is 17.9 Å². The van der Waals surface area contributed by atoms with Crippen LogP contribution in [-0.2, 0) is 19.1 Å². The first kappa shape index (κ1) is 18.9. The minimum Gasteiger partial charge on any atom is -0.462 e. The number of allylic oxidation sites excluding steroid dienone is 2. The molecular weight excluding hydrogens is 356 g/mol. The highest BCUT2D eigenvalue weighted by Crippen LogP contribution is 2.63. The molecule has 0 spiro atoms. The number of carbonyl (C=O) groups is 3. The van der Waals surface area contributed by atoms with E-state index in [9.17, 15) is 14.4 Å². The number of Topliss-reactive ketones (excluding diaryl/α,β-unsaturated/α-hetero) is 1. The minimum absolute atomic E-state index is 0.00353. The number of hydrogen-bond acceptors (Lipinski definition) is 5. The lowest BCUT2D eigenvalue weighted by Crippen LogP contribution is -2.48. The maximum Gasteiger partial charge on any atom is 0.310 e. The van der Waals surface area contributed by atoms with Crippen molar-refractivity contribution in [2.24, 2.45) is 35.5 Å². The molecule has 0 aromatic heterocycles. The summed E-state index contributed by atoms with van der Waals surface area (Å²) in [5, 5.41) is 0. The van der Waals surface area contributed by atoms with E-state index in [0.717, 1.165) is 12.8 Å². The molecule has 1 aromatic carbocycles. The van der Waals surface area contributed by atoms with Crippen molar-refractivity contribution < 1.29 is 23.9 Å². The van der Waals surface area contributed by atoms with Crippen LogP contribution in [0.1, 0.15) is 37.0 Å². The van der Waals surface area contributed by atoms with Crippen LogP contribution in [-0.4, -0.2) is 30.4 Å². The van der Waals surface area contributed by atoms with Gasteiger partial charge in [0.1, 0.15) is 0 Å². The second-order valence-electron chi connectivity index (χ2n) is 8.21. The molecule has 28 heavy (non-hydrogen) atoms. The van der Waals surface area contributed by atoms with Gasteiger partial charge in [-0.1, -0.05) is 49.4 Å². The third-order valence-corrected chi connectivity index (χ3v) is 6.53. The van der Waals surface area contributed by atoms with Crippen molar-refractivity contribution in [2.75, 3.05) is 6.61 Å². The molecule has 2 fully saturated rings. The molecule has 5 nitrogen and oxygen atoms in total. The molecule has 0 N–H and O–H groups in total. The zero-order chi connectivity index (χ0) is 19.8. The number of esters is 2. The Balaban J connectivity index is 1.47. The Morgan fingerprint density at radius 2 is 1.61 bits per heavy atom. The van der Waals surface area contributed by atoms with E-state index in [1.54, 1.807) is 24.3 Å². The van der Waals surface area contributed by atoms with Crippen molar-refractivity contribution in [1.82, 2.24) is 0 Å². The van der Waals surface area contributed by atoms with Gasteiger partial charge < -0.3 is 9.47 Å². The molecule has 7 atom stereocenters. The predicted molar refractivity (Wildman–Crippen MR) is 102 cm³/mol. The van der Waals surface area contributed by atoms with E-state index in [4.69, 9.17) is 9.47 Å². The first-order valence-corrected chi connectivity index (χ1v) is 10.1. The van der Waals surface area contributed by atoms with Crippen LogP contribution >= 0.6 is 0 Å². The highest BCUT2D eigenvalue weighted by molar-refractivity contribution is 5.98. The van der Waals surface area contributed by atoms with Crippen LogP contribution in [0.5, 0.6) is 0 Å². The maximum absolute atomic E-state index is 12.9. The van der Waals surface area contributed by atoms with E-state index in [-0.39, 0.29) is 36.3 Å². The topological polar surface area (TPSA) is 69.7 Å². The molecule has 0 aliphatic heterocycles. The zero-order valence-electron chi connectivity index (χ0n) is 16.2. The van der Waals surface area contributed by atoms with Gasteiger partial charge in [-0.2, -0.15) is 0 Å². The summed E-state index contributed by atoms with van der Waals surface area (Å²) in [5.41, 5.74) is 0.510. The Morgan fingerprint density at radius 1 is 1.00 bits per heavy atom. The molecule has 4 aliphatic carbocycles. The molecule has 4 aliphatic rings. The Bertz CT molecular complexity index is 798. The zero-order valence-corrected chi connectivity index (χ0v) is 16.2. The lowest BCUT2D eigenvalue weighted by Gasteiger charge is -2.42. The summed E-state index contributed by atoms with van der Waals surface area (Å²) in [5.74, 6) is -1.11. The Kier molecular flexibility index (Phi) is 5.09. The molecule has 1 aromatic rings.